The van der Waals surface area contributed by atoms with Crippen molar-refractivity contribution < 1.29 is 19.4 Å². The van der Waals surface area contributed by atoms with Crippen LogP contribution in [0.2, 0.25) is 0 Å². The highest BCUT2D eigenvalue weighted by Crippen LogP contribution is 2.14. The third kappa shape index (κ3) is 6.16. The highest BCUT2D eigenvalue weighted by Gasteiger charge is 2.07. The number of hydrogen-bond acceptors (Lipinski definition) is 5. The predicted molar refractivity (Wildman–Crippen MR) is 92.6 cm³/mol. The molecule has 0 saturated carbocycles. The van der Waals surface area contributed by atoms with Gasteiger partial charge < -0.3 is 19.9 Å². The number of ether oxygens (including phenoxy) is 2. The molecule has 2 N–H and O–H groups in total. The molecule has 0 saturated heterocycles. The first-order valence-electron chi connectivity index (χ1n) is 7.90. The molecule has 0 bridgehead atoms. The van der Waals surface area contributed by atoms with Gasteiger partial charge in [-0.3, -0.25) is 4.79 Å². The third-order valence-corrected chi connectivity index (χ3v) is 3.26. The Hall–Kier alpha value is -3.04. The summed E-state index contributed by atoms with van der Waals surface area (Å²) in [4.78, 5) is 11.9. The van der Waals surface area contributed by atoms with Crippen LogP contribution in [0.15, 0.2) is 48.5 Å². The van der Waals surface area contributed by atoms with Crippen LogP contribution in [0.1, 0.15) is 22.8 Å². The minimum absolute atomic E-state index is 0.197. The number of nitrogens with one attached hydrogen (secondary N) is 1. The molecule has 1 amide bonds. The lowest BCUT2D eigenvalue weighted by molar-refractivity contribution is 0.0923. The van der Waals surface area contributed by atoms with Gasteiger partial charge in [-0.05, 0) is 49.4 Å². The molecule has 2 rings (SSSR count). The van der Waals surface area contributed by atoms with Crippen molar-refractivity contribution >= 4 is 5.91 Å². The molecule has 0 aliphatic carbocycles. The summed E-state index contributed by atoms with van der Waals surface area (Å²) in [5.41, 5.74) is 1.04. The van der Waals surface area contributed by atoms with Gasteiger partial charge >= 0.3 is 0 Å². The number of carbonyl (C=O) groups excluding carboxylic acids is 1. The number of benzene rings is 2. The van der Waals surface area contributed by atoms with Gasteiger partial charge in [0.2, 0.25) is 0 Å². The second kappa shape index (κ2) is 9.30. The largest absolute Gasteiger partial charge is 0.490 e. The summed E-state index contributed by atoms with van der Waals surface area (Å²) in [6.07, 6.45) is -0.595. The first kappa shape index (κ1) is 18.3. The van der Waals surface area contributed by atoms with E-state index in [2.05, 4.69) is 5.32 Å². The fourth-order valence-corrected chi connectivity index (χ4v) is 2.01. The zero-order chi connectivity index (χ0) is 18.1. The summed E-state index contributed by atoms with van der Waals surface area (Å²) < 4.78 is 11.1. The lowest BCUT2D eigenvalue weighted by atomic mass is 10.2. The highest BCUT2D eigenvalue weighted by molar-refractivity contribution is 5.94. The van der Waals surface area contributed by atoms with E-state index < -0.39 is 6.10 Å². The second-order valence-corrected chi connectivity index (χ2v) is 5.42. The molecule has 0 heterocycles. The Labute approximate surface area is 146 Å². The van der Waals surface area contributed by atoms with Crippen molar-refractivity contribution in [3.63, 3.8) is 0 Å². The lowest BCUT2D eigenvalue weighted by Gasteiger charge is -2.10. The van der Waals surface area contributed by atoms with Crippen molar-refractivity contribution in [2.45, 2.75) is 13.0 Å². The molecular formula is C19H20N2O4. The minimum atomic E-state index is -0.595. The molecule has 25 heavy (non-hydrogen) atoms. The van der Waals surface area contributed by atoms with Gasteiger partial charge in [0.05, 0.1) is 17.7 Å². The molecule has 6 heteroatoms. The van der Waals surface area contributed by atoms with Gasteiger partial charge in [0, 0.05) is 12.1 Å². The third-order valence-electron chi connectivity index (χ3n) is 3.26. The Morgan fingerprint density at radius 1 is 1.16 bits per heavy atom. The summed E-state index contributed by atoms with van der Waals surface area (Å²) >= 11 is 0. The number of nitriles is 1. The number of nitrogens with zero attached hydrogens (tertiary/aromatic N) is 1. The molecule has 130 valence electrons. The van der Waals surface area contributed by atoms with Crippen LogP contribution >= 0.6 is 0 Å². The Morgan fingerprint density at radius 2 is 1.84 bits per heavy atom. The molecule has 0 radical (unpaired) electrons. The number of carbonyl (C=O) groups is 1. The summed E-state index contributed by atoms with van der Waals surface area (Å²) in [5, 5.41) is 20.6. The van der Waals surface area contributed by atoms with Gasteiger partial charge in [0.25, 0.3) is 5.91 Å². The molecule has 2 aromatic rings. The Bertz CT molecular complexity index is 736. The van der Waals surface area contributed by atoms with E-state index in [9.17, 15) is 9.90 Å². The first-order chi connectivity index (χ1) is 12.1. The van der Waals surface area contributed by atoms with Gasteiger partial charge in [0.15, 0.2) is 0 Å². The van der Waals surface area contributed by atoms with Crippen LogP contribution in [0, 0.1) is 11.3 Å². The maximum Gasteiger partial charge on any atom is 0.251 e. The van der Waals surface area contributed by atoms with Crippen LogP contribution in [0.3, 0.4) is 0 Å². The van der Waals surface area contributed by atoms with Gasteiger partial charge in [-0.15, -0.1) is 0 Å². The highest BCUT2D eigenvalue weighted by atomic mass is 16.5. The van der Waals surface area contributed by atoms with Gasteiger partial charge in [-0.25, -0.2) is 0 Å². The fraction of sp³-hybridized carbons (Fsp3) is 0.263. The molecule has 0 fully saturated rings. The zero-order valence-electron chi connectivity index (χ0n) is 13.9. The monoisotopic (exact) mass is 340 g/mol. The molecule has 0 spiro atoms. The standard InChI is InChI=1S/C19H20N2O4/c1-14(22)13-21-19(23)16-3-2-4-18(11-16)25-10-9-24-17-7-5-15(12-20)6-8-17/h2-8,11,14,22H,9-10,13H2,1H3,(H,21,23). The normalized spacial score (nSPS) is 11.2. The number of rotatable bonds is 8. The van der Waals surface area contributed by atoms with E-state index in [0.29, 0.717) is 35.8 Å². The molecule has 0 aromatic heterocycles. The van der Waals surface area contributed by atoms with Crippen molar-refractivity contribution in [2.24, 2.45) is 0 Å². The minimum Gasteiger partial charge on any atom is -0.490 e. The molecule has 0 aliphatic rings. The van der Waals surface area contributed by atoms with Crippen LogP contribution in [0.5, 0.6) is 11.5 Å². The van der Waals surface area contributed by atoms with Gasteiger partial charge in [0.1, 0.15) is 24.7 Å². The molecular weight excluding hydrogens is 320 g/mol. The van der Waals surface area contributed by atoms with E-state index in [0.717, 1.165) is 0 Å². The van der Waals surface area contributed by atoms with E-state index in [1.54, 1.807) is 55.5 Å². The quantitative estimate of drug-likeness (QED) is 0.718. The van der Waals surface area contributed by atoms with Crippen molar-refractivity contribution in [3.05, 3.63) is 59.7 Å². The number of amides is 1. The molecule has 0 aliphatic heterocycles. The zero-order valence-corrected chi connectivity index (χ0v) is 13.9. The van der Waals surface area contributed by atoms with E-state index in [1.807, 2.05) is 6.07 Å². The summed E-state index contributed by atoms with van der Waals surface area (Å²) in [5.74, 6) is 0.960. The lowest BCUT2D eigenvalue weighted by Crippen LogP contribution is -2.30. The van der Waals surface area contributed by atoms with E-state index >= 15 is 0 Å². The van der Waals surface area contributed by atoms with Crippen LogP contribution in [0.25, 0.3) is 0 Å². The molecule has 6 nitrogen and oxygen atoms in total. The van der Waals surface area contributed by atoms with Crippen molar-refractivity contribution in [1.82, 2.24) is 5.32 Å². The predicted octanol–water partition coefficient (Wildman–Crippen LogP) is 2.13. The van der Waals surface area contributed by atoms with E-state index in [1.165, 1.54) is 0 Å². The van der Waals surface area contributed by atoms with E-state index in [4.69, 9.17) is 14.7 Å². The Kier molecular flexibility index (Phi) is 6.81. The maximum atomic E-state index is 11.9. The molecule has 2 aromatic carbocycles. The fourth-order valence-electron chi connectivity index (χ4n) is 2.01. The summed E-state index contributed by atoms with van der Waals surface area (Å²) in [6, 6.07) is 15.7. The topological polar surface area (TPSA) is 91.6 Å². The van der Waals surface area contributed by atoms with Crippen LogP contribution < -0.4 is 14.8 Å². The van der Waals surface area contributed by atoms with Crippen molar-refractivity contribution in [1.29, 1.82) is 5.26 Å². The summed E-state index contributed by atoms with van der Waals surface area (Å²) in [6.45, 7) is 2.46. The molecule has 1 unspecified atom stereocenters. The van der Waals surface area contributed by atoms with Gasteiger partial charge in [-0.1, -0.05) is 6.07 Å². The Morgan fingerprint density at radius 3 is 2.48 bits per heavy atom. The van der Waals surface area contributed by atoms with Crippen LogP contribution in [0.4, 0.5) is 0 Å². The average Bonchev–Trinajstić information content (AvgIpc) is 2.64. The van der Waals surface area contributed by atoms with E-state index in [-0.39, 0.29) is 12.5 Å². The first-order valence-corrected chi connectivity index (χ1v) is 7.90. The maximum absolute atomic E-state index is 11.9. The second-order valence-electron chi connectivity index (χ2n) is 5.42. The Balaban J connectivity index is 1.79. The average molecular weight is 340 g/mol. The molecule has 1 atom stereocenters. The van der Waals surface area contributed by atoms with Gasteiger partial charge in [-0.2, -0.15) is 5.26 Å². The summed E-state index contributed by atoms with van der Waals surface area (Å²) in [7, 11) is 0. The number of aliphatic hydroxyl groups excluding tert-OH is 1. The van der Waals surface area contributed by atoms with Crippen LogP contribution in [-0.4, -0.2) is 36.9 Å². The van der Waals surface area contributed by atoms with Crippen molar-refractivity contribution in [3.8, 4) is 17.6 Å². The van der Waals surface area contributed by atoms with Crippen LogP contribution in [-0.2, 0) is 0 Å². The number of aliphatic hydroxyl groups is 1. The smallest absolute Gasteiger partial charge is 0.251 e. The van der Waals surface area contributed by atoms with Crippen molar-refractivity contribution in [2.75, 3.05) is 19.8 Å². The SMILES string of the molecule is CC(O)CNC(=O)c1cccc(OCCOc2ccc(C#N)cc2)c1. The number of hydrogen-bond donors (Lipinski definition) is 2.